The molecule has 0 radical (unpaired) electrons. The molecule has 0 saturated heterocycles. The smallest absolute Gasteiger partial charge is 0.251 e. The Labute approximate surface area is 114 Å². The number of carbonyl (C=O) groups excluding carboxylic acids is 1. The van der Waals surface area contributed by atoms with Gasteiger partial charge in [-0.3, -0.25) is 4.79 Å². The van der Waals surface area contributed by atoms with Crippen molar-refractivity contribution in [1.82, 2.24) is 5.32 Å². The van der Waals surface area contributed by atoms with Gasteiger partial charge in [0.2, 0.25) is 0 Å². The second kappa shape index (κ2) is 8.20. The number of rotatable bonds is 7. The van der Waals surface area contributed by atoms with Crippen LogP contribution in [-0.2, 0) is 16.6 Å². The average Bonchev–Trinajstić information content (AvgIpc) is 2.37. The van der Waals surface area contributed by atoms with Gasteiger partial charge in [-0.15, -0.1) is 0 Å². The van der Waals surface area contributed by atoms with Gasteiger partial charge in [0.25, 0.3) is 5.91 Å². The SMILES string of the molecule is CCCNC(=O)c1ccc(C[S+](C)CCC)cc1. The van der Waals surface area contributed by atoms with E-state index in [1.165, 1.54) is 17.7 Å². The third-order valence-electron chi connectivity index (χ3n) is 2.72. The highest BCUT2D eigenvalue weighted by atomic mass is 32.2. The topological polar surface area (TPSA) is 29.1 Å². The number of hydrogen-bond acceptors (Lipinski definition) is 1. The summed E-state index contributed by atoms with van der Waals surface area (Å²) in [5, 5.41) is 2.89. The van der Waals surface area contributed by atoms with Crippen LogP contribution in [-0.4, -0.2) is 24.5 Å². The zero-order valence-corrected chi connectivity index (χ0v) is 12.5. The van der Waals surface area contributed by atoms with E-state index < -0.39 is 0 Å². The van der Waals surface area contributed by atoms with Gasteiger partial charge < -0.3 is 5.32 Å². The average molecular weight is 266 g/mol. The molecule has 1 aromatic carbocycles. The lowest BCUT2D eigenvalue weighted by Crippen LogP contribution is -2.23. The fourth-order valence-corrected chi connectivity index (χ4v) is 3.40. The van der Waals surface area contributed by atoms with Crippen LogP contribution in [0.5, 0.6) is 0 Å². The van der Waals surface area contributed by atoms with Crippen molar-refractivity contribution in [3.05, 3.63) is 35.4 Å². The predicted octanol–water partition coefficient (Wildman–Crippen LogP) is 2.98. The summed E-state index contributed by atoms with van der Waals surface area (Å²) in [6.07, 6.45) is 4.53. The highest BCUT2D eigenvalue weighted by Gasteiger charge is 2.11. The van der Waals surface area contributed by atoms with Gasteiger partial charge in [0.05, 0.1) is 6.26 Å². The minimum atomic E-state index is 0.0347. The van der Waals surface area contributed by atoms with Crippen LogP contribution in [0.15, 0.2) is 24.3 Å². The van der Waals surface area contributed by atoms with E-state index in [1.807, 2.05) is 12.1 Å². The van der Waals surface area contributed by atoms with Gasteiger partial charge in [-0.2, -0.15) is 0 Å². The number of amides is 1. The Morgan fingerprint density at radius 2 is 1.83 bits per heavy atom. The summed E-state index contributed by atoms with van der Waals surface area (Å²) in [6, 6.07) is 8.03. The first-order chi connectivity index (χ1) is 8.67. The summed E-state index contributed by atoms with van der Waals surface area (Å²) in [6.45, 7) is 5.03. The first-order valence-electron chi connectivity index (χ1n) is 6.63. The highest BCUT2D eigenvalue weighted by molar-refractivity contribution is 7.95. The molecule has 1 atom stereocenters. The van der Waals surface area contributed by atoms with Crippen molar-refractivity contribution in [2.24, 2.45) is 0 Å². The largest absolute Gasteiger partial charge is 0.352 e. The Morgan fingerprint density at radius 3 is 2.39 bits per heavy atom. The fourth-order valence-electron chi connectivity index (χ4n) is 1.80. The lowest BCUT2D eigenvalue weighted by Gasteiger charge is -2.05. The zero-order chi connectivity index (χ0) is 13.4. The third kappa shape index (κ3) is 5.13. The lowest BCUT2D eigenvalue weighted by atomic mass is 10.1. The Hall–Kier alpha value is -0.960. The Balaban J connectivity index is 2.54. The lowest BCUT2D eigenvalue weighted by molar-refractivity contribution is 0.0953. The molecule has 3 heteroatoms. The van der Waals surface area contributed by atoms with Gasteiger partial charge >= 0.3 is 0 Å². The zero-order valence-electron chi connectivity index (χ0n) is 11.7. The summed E-state index contributed by atoms with van der Waals surface area (Å²) in [7, 11) is 0.456. The molecule has 1 aromatic rings. The highest BCUT2D eigenvalue weighted by Crippen LogP contribution is 2.10. The fraction of sp³-hybridized carbons (Fsp3) is 0.533. The van der Waals surface area contributed by atoms with Crippen molar-refractivity contribution in [2.75, 3.05) is 18.6 Å². The Bertz CT molecular complexity index is 361. The van der Waals surface area contributed by atoms with E-state index in [4.69, 9.17) is 0 Å². The molecule has 100 valence electrons. The predicted molar refractivity (Wildman–Crippen MR) is 81.2 cm³/mol. The molecule has 0 saturated carbocycles. The van der Waals surface area contributed by atoms with Crippen LogP contribution in [0.3, 0.4) is 0 Å². The number of carbonyl (C=O) groups is 1. The first kappa shape index (κ1) is 15.1. The van der Waals surface area contributed by atoms with E-state index in [0.29, 0.717) is 10.9 Å². The Kier molecular flexibility index (Phi) is 6.88. The second-order valence-electron chi connectivity index (χ2n) is 4.58. The van der Waals surface area contributed by atoms with Gasteiger partial charge in [-0.25, -0.2) is 0 Å². The minimum Gasteiger partial charge on any atom is -0.352 e. The van der Waals surface area contributed by atoms with Gasteiger partial charge in [0.1, 0.15) is 11.5 Å². The quantitative estimate of drug-likeness (QED) is 0.755. The molecule has 0 spiro atoms. The third-order valence-corrected chi connectivity index (χ3v) is 4.65. The van der Waals surface area contributed by atoms with Gasteiger partial charge in [0.15, 0.2) is 0 Å². The van der Waals surface area contributed by atoms with Crippen LogP contribution < -0.4 is 5.32 Å². The van der Waals surface area contributed by atoms with Crippen LogP contribution in [0.25, 0.3) is 0 Å². The standard InChI is InChI=1S/C15H23NOS/c1-4-10-16-15(17)14-8-6-13(7-9-14)12-18(3)11-5-2/h6-9H,4-5,10-12H2,1-3H3/p+1. The molecule has 0 aliphatic rings. The summed E-state index contributed by atoms with van der Waals surface area (Å²) in [5.74, 6) is 2.45. The summed E-state index contributed by atoms with van der Waals surface area (Å²) in [5.41, 5.74) is 2.10. The van der Waals surface area contributed by atoms with Crippen molar-refractivity contribution in [1.29, 1.82) is 0 Å². The van der Waals surface area contributed by atoms with Gasteiger partial charge in [-0.05, 0) is 35.9 Å². The van der Waals surface area contributed by atoms with Crippen molar-refractivity contribution in [2.45, 2.75) is 32.4 Å². The molecular weight excluding hydrogens is 242 g/mol. The van der Waals surface area contributed by atoms with Crippen LogP contribution in [0.2, 0.25) is 0 Å². The van der Waals surface area contributed by atoms with Crippen LogP contribution in [0.4, 0.5) is 0 Å². The molecule has 2 nitrogen and oxygen atoms in total. The molecule has 1 amide bonds. The summed E-state index contributed by atoms with van der Waals surface area (Å²) in [4.78, 5) is 11.7. The van der Waals surface area contributed by atoms with Gasteiger partial charge in [-0.1, -0.05) is 26.0 Å². The maximum absolute atomic E-state index is 11.7. The number of benzene rings is 1. The van der Waals surface area contributed by atoms with E-state index in [1.54, 1.807) is 0 Å². The molecule has 0 bridgehead atoms. The monoisotopic (exact) mass is 266 g/mol. The summed E-state index contributed by atoms with van der Waals surface area (Å²) >= 11 is 0. The summed E-state index contributed by atoms with van der Waals surface area (Å²) < 4.78 is 0. The Morgan fingerprint density at radius 1 is 1.17 bits per heavy atom. The van der Waals surface area contributed by atoms with E-state index in [2.05, 4.69) is 37.6 Å². The molecule has 0 fully saturated rings. The van der Waals surface area contributed by atoms with Crippen molar-refractivity contribution in [3.63, 3.8) is 0 Å². The molecule has 1 unspecified atom stereocenters. The van der Waals surface area contributed by atoms with Crippen molar-refractivity contribution in [3.8, 4) is 0 Å². The van der Waals surface area contributed by atoms with Crippen molar-refractivity contribution < 1.29 is 4.79 Å². The normalized spacial score (nSPS) is 12.2. The molecule has 0 aliphatic carbocycles. The van der Waals surface area contributed by atoms with E-state index in [-0.39, 0.29) is 5.91 Å². The number of nitrogens with one attached hydrogen (secondary N) is 1. The molecular formula is C15H24NOS+. The molecule has 0 heterocycles. The molecule has 1 rings (SSSR count). The number of hydrogen-bond donors (Lipinski definition) is 1. The molecule has 18 heavy (non-hydrogen) atoms. The van der Waals surface area contributed by atoms with Crippen LogP contribution >= 0.6 is 0 Å². The van der Waals surface area contributed by atoms with Gasteiger partial charge in [0, 0.05) is 17.7 Å². The molecule has 0 aliphatic heterocycles. The molecule has 1 N–H and O–H groups in total. The molecule has 0 aromatic heterocycles. The van der Waals surface area contributed by atoms with Crippen LogP contribution in [0, 0.1) is 0 Å². The maximum atomic E-state index is 11.7. The van der Waals surface area contributed by atoms with E-state index in [9.17, 15) is 4.79 Å². The van der Waals surface area contributed by atoms with E-state index in [0.717, 1.165) is 24.3 Å². The maximum Gasteiger partial charge on any atom is 0.251 e. The minimum absolute atomic E-state index is 0.0347. The van der Waals surface area contributed by atoms with Crippen molar-refractivity contribution >= 4 is 16.8 Å². The first-order valence-corrected chi connectivity index (χ1v) is 8.60. The van der Waals surface area contributed by atoms with E-state index >= 15 is 0 Å². The van der Waals surface area contributed by atoms with Crippen LogP contribution in [0.1, 0.15) is 42.6 Å². The second-order valence-corrected chi connectivity index (χ2v) is 6.84.